The Kier molecular flexibility index (Phi) is 6.72. The second-order valence-corrected chi connectivity index (χ2v) is 9.98. The molecule has 5 nitrogen and oxygen atoms in total. The molecule has 3 aromatic rings. The molecule has 0 saturated carbocycles. The lowest BCUT2D eigenvalue weighted by molar-refractivity contribution is -0.114. The molecule has 0 atom stereocenters. The highest BCUT2D eigenvalue weighted by atomic mass is 35.5. The molecule has 0 aliphatic rings. The monoisotopic (exact) mass is 456 g/mol. The predicted molar refractivity (Wildman–Crippen MR) is 126 cm³/mol. The summed E-state index contributed by atoms with van der Waals surface area (Å²) < 4.78 is 28.1. The molecule has 0 unspecified atom stereocenters. The Labute approximate surface area is 188 Å². The first-order valence-corrected chi connectivity index (χ1v) is 11.6. The topological polar surface area (TPSA) is 66.5 Å². The number of halogens is 1. The van der Waals surface area contributed by atoms with E-state index < -0.39 is 15.9 Å². The number of sulfonamides is 1. The fourth-order valence-electron chi connectivity index (χ4n) is 3.30. The number of carbonyl (C=O) groups excluding carboxylic acids is 1. The molecule has 3 aromatic carbocycles. The van der Waals surface area contributed by atoms with Crippen molar-refractivity contribution in [2.45, 2.75) is 32.6 Å². The van der Waals surface area contributed by atoms with E-state index in [1.165, 1.54) is 0 Å². The molecule has 31 heavy (non-hydrogen) atoms. The van der Waals surface area contributed by atoms with E-state index in [4.69, 9.17) is 11.6 Å². The average Bonchev–Trinajstić information content (AvgIpc) is 2.68. The zero-order valence-electron chi connectivity index (χ0n) is 17.9. The smallest absolute Gasteiger partial charge is 0.264 e. The lowest BCUT2D eigenvalue weighted by Crippen LogP contribution is -2.38. The van der Waals surface area contributed by atoms with E-state index in [1.807, 2.05) is 33.8 Å². The largest absolute Gasteiger partial charge is 0.324 e. The van der Waals surface area contributed by atoms with Crippen molar-refractivity contribution in [2.24, 2.45) is 0 Å². The number of anilines is 2. The second kappa shape index (κ2) is 9.12. The summed E-state index contributed by atoms with van der Waals surface area (Å²) in [4.78, 5) is 13.0. The zero-order valence-corrected chi connectivity index (χ0v) is 19.5. The Bertz CT molecular complexity index is 1200. The molecule has 0 bridgehead atoms. The van der Waals surface area contributed by atoms with Crippen LogP contribution in [0.1, 0.15) is 22.3 Å². The molecule has 3 rings (SSSR count). The van der Waals surface area contributed by atoms with Gasteiger partial charge in [0.05, 0.1) is 10.6 Å². The van der Waals surface area contributed by atoms with Gasteiger partial charge in [0, 0.05) is 10.7 Å². The van der Waals surface area contributed by atoms with Crippen molar-refractivity contribution in [3.8, 4) is 0 Å². The first-order valence-electron chi connectivity index (χ1n) is 9.80. The maximum Gasteiger partial charge on any atom is 0.264 e. The number of rotatable bonds is 6. The summed E-state index contributed by atoms with van der Waals surface area (Å²) in [7, 11) is -3.96. The van der Waals surface area contributed by atoms with Crippen molar-refractivity contribution in [3.63, 3.8) is 0 Å². The van der Waals surface area contributed by atoms with Crippen LogP contribution in [0.5, 0.6) is 0 Å². The predicted octanol–water partition coefficient (Wildman–Crippen LogP) is 5.41. The number of aryl methyl sites for hydroxylation is 4. The molecule has 162 valence electrons. The van der Waals surface area contributed by atoms with Crippen LogP contribution in [0.2, 0.25) is 5.02 Å². The Morgan fingerprint density at radius 3 is 2.10 bits per heavy atom. The molecule has 0 aliphatic heterocycles. The molecule has 0 fully saturated rings. The minimum Gasteiger partial charge on any atom is -0.324 e. The molecule has 0 saturated heterocycles. The summed E-state index contributed by atoms with van der Waals surface area (Å²) in [5, 5.41) is 3.27. The number of carbonyl (C=O) groups is 1. The van der Waals surface area contributed by atoms with Crippen molar-refractivity contribution in [3.05, 3.63) is 87.9 Å². The van der Waals surface area contributed by atoms with Crippen LogP contribution in [0.15, 0.2) is 65.6 Å². The molecular weight excluding hydrogens is 432 g/mol. The standard InChI is InChI=1S/C24H25ClN2O3S/c1-16-5-9-22(10-6-16)31(29,30)27(21-12-17(2)11-18(3)13-21)15-24(28)26-23-14-20(25)8-7-19(23)4/h5-14H,15H2,1-4H3,(H,26,28). The minimum absolute atomic E-state index is 0.129. The van der Waals surface area contributed by atoms with E-state index in [0.29, 0.717) is 16.4 Å². The molecular formula is C24H25ClN2O3S. The van der Waals surface area contributed by atoms with E-state index in [9.17, 15) is 13.2 Å². The van der Waals surface area contributed by atoms with E-state index in [0.717, 1.165) is 26.6 Å². The molecule has 0 radical (unpaired) electrons. The van der Waals surface area contributed by atoms with Crippen LogP contribution in [0.25, 0.3) is 0 Å². The van der Waals surface area contributed by atoms with Gasteiger partial charge >= 0.3 is 0 Å². The Morgan fingerprint density at radius 2 is 1.48 bits per heavy atom. The summed E-state index contributed by atoms with van der Waals surface area (Å²) in [6.07, 6.45) is 0. The number of benzene rings is 3. The molecule has 0 spiro atoms. The summed E-state index contributed by atoms with van der Waals surface area (Å²) in [6, 6.07) is 17.2. The van der Waals surface area contributed by atoms with Gasteiger partial charge in [-0.15, -0.1) is 0 Å². The second-order valence-electron chi connectivity index (χ2n) is 7.68. The van der Waals surface area contributed by atoms with Crippen molar-refractivity contribution < 1.29 is 13.2 Å². The van der Waals surface area contributed by atoms with Crippen LogP contribution in [0.3, 0.4) is 0 Å². The first kappa shape index (κ1) is 22.8. The number of nitrogens with zero attached hydrogens (tertiary/aromatic N) is 1. The van der Waals surface area contributed by atoms with E-state index in [-0.39, 0.29) is 11.4 Å². The van der Waals surface area contributed by atoms with Gasteiger partial charge in [0.15, 0.2) is 0 Å². The highest BCUT2D eigenvalue weighted by Crippen LogP contribution is 2.27. The Morgan fingerprint density at radius 1 is 0.871 bits per heavy atom. The van der Waals surface area contributed by atoms with E-state index in [2.05, 4.69) is 5.32 Å². The molecule has 0 aliphatic carbocycles. The third-order valence-corrected chi connectivity index (χ3v) is 6.89. The van der Waals surface area contributed by atoms with Crippen LogP contribution < -0.4 is 9.62 Å². The van der Waals surface area contributed by atoms with Gasteiger partial charge in [0.2, 0.25) is 5.91 Å². The van der Waals surface area contributed by atoms with Gasteiger partial charge in [0.1, 0.15) is 6.54 Å². The van der Waals surface area contributed by atoms with E-state index >= 15 is 0 Å². The van der Waals surface area contributed by atoms with Crippen molar-refractivity contribution in [1.29, 1.82) is 0 Å². The molecule has 7 heteroatoms. The number of amides is 1. The van der Waals surface area contributed by atoms with Gasteiger partial charge in [-0.3, -0.25) is 9.10 Å². The maximum atomic E-state index is 13.5. The van der Waals surface area contributed by atoms with Crippen molar-refractivity contribution in [1.82, 2.24) is 0 Å². The third kappa shape index (κ3) is 5.46. The van der Waals surface area contributed by atoms with Gasteiger partial charge < -0.3 is 5.32 Å². The highest BCUT2D eigenvalue weighted by Gasteiger charge is 2.27. The first-order chi connectivity index (χ1) is 14.6. The highest BCUT2D eigenvalue weighted by molar-refractivity contribution is 7.92. The van der Waals surface area contributed by atoms with Crippen LogP contribution in [-0.4, -0.2) is 20.9 Å². The SMILES string of the molecule is Cc1ccc(S(=O)(=O)N(CC(=O)Nc2cc(Cl)ccc2C)c2cc(C)cc(C)c2)cc1. The van der Waals surface area contributed by atoms with Gasteiger partial charge in [-0.05, 0) is 80.8 Å². The lowest BCUT2D eigenvalue weighted by Gasteiger charge is -2.25. The van der Waals surface area contributed by atoms with E-state index in [1.54, 1.807) is 54.6 Å². The Balaban J connectivity index is 2.00. The minimum atomic E-state index is -3.96. The molecule has 1 amide bonds. The molecule has 0 aromatic heterocycles. The van der Waals surface area contributed by atoms with Crippen molar-refractivity contribution >= 4 is 38.9 Å². The molecule has 1 N–H and O–H groups in total. The van der Waals surface area contributed by atoms with Crippen LogP contribution in [0.4, 0.5) is 11.4 Å². The van der Waals surface area contributed by atoms with Crippen molar-refractivity contribution in [2.75, 3.05) is 16.2 Å². The van der Waals surface area contributed by atoms with Gasteiger partial charge in [-0.25, -0.2) is 8.42 Å². The zero-order chi connectivity index (χ0) is 22.8. The van der Waals surface area contributed by atoms with Gasteiger partial charge in [-0.1, -0.05) is 41.4 Å². The summed E-state index contributed by atoms with van der Waals surface area (Å²) in [6.45, 7) is 7.14. The fourth-order valence-corrected chi connectivity index (χ4v) is 4.87. The quantitative estimate of drug-likeness (QED) is 0.539. The summed E-state index contributed by atoms with van der Waals surface area (Å²) in [5.74, 6) is -0.458. The summed E-state index contributed by atoms with van der Waals surface area (Å²) in [5.41, 5.74) is 4.58. The number of hydrogen-bond acceptors (Lipinski definition) is 3. The van der Waals surface area contributed by atoms with Gasteiger partial charge in [0.25, 0.3) is 10.0 Å². The summed E-state index contributed by atoms with van der Waals surface area (Å²) >= 11 is 6.04. The molecule has 0 heterocycles. The third-order valence-electron chi connectivity index (χ3n) is 4.86. The maximum absolute atomic E-state index is 13.5. The number of hydrogen-bond donors (Lipinski definition) is 1. The van der Waals surface area contributed by atoms with Crippen LogP contribution >= 0.6 is 11.6 Å². The van der Waals surface area contributed by atoms with Crippen LogP contribution in [-0.2, 0) is 14.8 Å². The average molecular weight is 457 g/mol. The fraction of sp³-hybridized carbons (Fsp3) is 0.208. The number of nitrogens with one attached hydrogen (secondary N) is 1. The normalized spacial score (nSPS) is 11.3. The lowest BCUT2D eigenvalue weighted by atomic mass is 10.1. The Hall–Kier alpha value is -2.83. The van der Waals surface area contributed by atoms with Crippen LogP contribution in [0, 0.1) is 27.7 Å². The van der Waals surface area contributed by atoms with Gasteiger partial charge in [-0.2, -0.15) is 0 Å².